The number of halogens is 3. The largest absolute Gasteiger partial charge is 0.490 e. The molecule has 0 aliphatic rings. The maximum Gasteiger partial charge on any atom is 0.490 e. The predicted molar refractivity (Wildman–Crippen MR) is 26.7 cm³/mol. The van der Waals surface area contributed by atoms with Crippen molar-refractivity contribution >= 4 is 5.97 Å². The van der Waals surface area contributed by atoms with E-state index in [1.54, 1.807) is 6.92 Å². The summed E-state index contributed by atoms with van der Waals surface area (Å²) in [5.41, 5.74) is 0. The zero-order valence-electron chi connectivity index (χ0n) is 5.23. The average molecular weight is 155 g/mol. The van der Waals surface area contributed by atoms with Crippen molar-refractivity contribution in [3.63, 3.8) is 0 Å². The molecule has 0 saturated carbocycles. The van der Waals surface area contributed by atoms with Crippen molar-refractivity contribution in [2.75, 3.05) is 0 Å². The molecule has 0 saturated heterocycles. The van der Waals surface area contributed by atoms with Crippen LogP contribution in [-0.2, 0) is 9.53 Å². The van der Waals surface area contributed by atoms with E-state index in [1.807, 2.05) is 0 Å². The lowest BCUT2D eigenvalue weighted by Crippen LogP contribution is -2.24. The Morgan fingerprint density at radius 3 is 2.40 bits per heavy atom. The Hall–Kier alpha value is -0.740. The van der Waals surface area contributed by atoms with Gasteiger partial charge in [-0.1, -0.05) is 6.92 Å². The summed E-state index contributed by atoms with van der Waals surface area (Å²) in [7, 11) is 0. The number of hydrogen-bond donors (Lipinski definition) is 0. The van der Waals surface area contributed by atoms with E-state index in [-0.39, 0.29) is 6.42 Å². The molecule has 5 heteroatoms. The van der Waals surface area contributed by atoms with Crippen LogP contribution in [0.2, 0.25) is 0 Å². The molecular weight excluding hydrogens is 149 g/mol. The SMILES string of the molecule is CC[CH]OC(=O)C(F)(F)F. The fraction of sp³-hybridized carbons (Fsp3) is 0.600. The molecule has 0 heterocycles. The summed E-state index contributed by atoms with van der Waals surface area (Å²) >= 11 is 0. The van der Waals surface area contributed by atoms with Crippen molar-refractivity contribution in [1.82, 2.24) is 0 Å². The molecule has 2 nitrogen and oxygen atoms in total. The third-order valence-corrected chi connectivity index (χ3v) is 0.588. The smallest absolute Gasteiger partial charge is 0.452 e. The highest BCUT2D eigenvalue weighted by Gasteiger charge is 2.40. The molecule has 0 rings (SSSR count). The van der Waals surface area contributed by atoms with Gasteiger partial charge in [-0.15, -0.1) is 0 Å². The first-order valence-electron chi connectivity index (χ1n) is 2.58. The van der Waals surface area contributed by atoms with Gasteiger partial charge in [-0.25, -0.2) is 4.79 Å². The van der Waals surface area contributed by atoms with Crippen molar-refractivity contribution in [3.05, 3.63) is 6.61 Å². The van der Waals surface area contributed by atoms with Gasteiger partial charge in [-0.05, 0) is 6.42 Å². The summed E-state index contributed by atoms with van der Waals surface area (Å²) in [5, 5.41) is 0. The molecule has 0 atom stereocenters. The van der Waals surface area contributed by atoms with Gasteiger partial charge in [0, 0.05) is 0 Å². The first kappa shape index (κ1) is 9.26. The Labute approximate surface area is 56.0 Å². The van der Waals surface area contributed by atoms with Crippen LogP contribution in [0.4, 0.5) is 13.2 Å². The molecule has 0 amide bonds. The lowest BCUT2D eigenvalue weighted by molar-refractivity contribution is -0.196. The van der Waals surface area contributed by atoms with Crippen LogP contribution in [0.25, 0.3) is 0 Å². The summed E-state index contributed by atoms with van der Waals surface area (Å²) in [6.07, 6.45) is -4.62. The normalized spacial score (nSPS) is 11.2. The number of carbonyl (C=O) groups excluding carboxylic acids is 1. The third kappa shape index (κ3) is 3.32. The number of carbonyl (C=O) groups is 1. The first-order valence-corrected chi connectivity index (χ1v) is 2.58. The van der Waals surface area contributed by atoms with Crippen molar-refractivity contribution in [1.29, 1.82) is 0 Å². The molecular formula is C5H6F3O2. The van der Waals surface area contributed by atoms with Crippen molar-refractivity contribution in [3.8, 4) is 0 Å². The molecule has 0 bridgehead atoms. The molecule has 0 fully saturated rings. The van der Waals surface area contributed by atoms with Gasteiger partial charge in [0.05, 0.1) is 0 Å². The van der Waals surface area contributed by atoms with Crippen LogP contribution in [0, 0.1) is 6.61 Å². The summed E-state index contributed by atoms with van der Waals surface area (Å²) in [4.78, 5) is 9.85. The number of alkyl halides is 3. The highest BCUT2D eigenvalue weighted by molar-refractivity contribution is 5.75. The van der Waals surface area contributed by atoms with E-state index in [2.05, 4.69) is 4.74 Å². The van der Waals surface area contributed by atoms with Gasteiger partial charge in [0.2, 0.25) is 0 Å². The topological polar surface area (TPSA) is 26.3 Å². The van der Waals surface area contributed by atoms with E-state index < -0.39 is 12.1 Å². The zero-order chi connectivity index (χ0) is 8.20. The monoisotopic (exact) mass is 155 g/mol. The van der Waals surface area contributed by atoms with Crippen LogP contribution in [0.3, 0.4) is 0 Å². The van der Waals surface area contributed by atoms with Crippen molar-refractivity contribution in [2.45, 2.75) is 19.5 Å². The van der Waals surface area contributed by atoms with Crippen LogP contribution in [0.5, 0.6) is 0 Å². The lowest BCUT2D eigenvalue weighted by Gasteiger charge is -2.03. The minimum atomic E-state index is -4.88. The van der Waals surface area contributed by atoms with Crippen LogP contribution >= 0.6 is 0 Å². The van der Waals surface area contributed by atoms with Gasteiger partial charge in [0.25, 0.3) is 0 Å². The van der Waals surface area contributed by atoms with Crippen LogP contribution in [0.15, 0.2) is 0 Å². The van der Waals surface area contributed by atoms with Crippen molar-refractivity contribution < 1.29 is 22.7 Å². The molecule has 59 valence electrons. The third-order valence-electron chi connectivity index (χ3n) is 0.588. The van der Waals surface area contributed by atoms with Crippen LogP contribution in [0.1, 0.15) is 13.3 Å². The molecule has 0 aromatic carbocycles. The van der Waals surface area contributed by atoms with E-state index in [0.717, 1.165) is 6.61 Å². The number of esters is 1. The van der Waals surface area contributed by atoms with Crippen LogP contribution < -0.4 is 0 Å². The quantitative estimate of drug-likeness (QED) is 0.567. The minimum absolute atomic E-state index is 0.266. The second-order valence-electron chi connectivity index (χ2n) is 1.48. The van der Waals surface area contributed by atoms with Gasteiger partial charge < -0.3 is 4.74 Å². The molecule has 0 aliphatic heterocycles. The number of ether oxygens (including phenoxy) is 1. The molecule has 10 heavy (non-hydrogen) atoms. The van der Waals surface area contributed by atoms with E-state index in [9.17, 15) is 18.0 Å². The fourth-order valence-electron chi connectivity index (χ4n) is 0.226. The molecule has 0 aliphatic carbocycles. The molecule has 0 N–H and O–H groups in total. The Bertz CT molecular complexity index is 119. The summed E-state index contributed by atoms with van der Waals surface area (Å²) in [5.74, 6) is -2.17. The predicted octanol–water partition coefficient (Wildman–Crippen LogP) is 1.66. The van der Waals surface area contributed by atoms with Crippen LogP contribution in [-0.4, -0.2) is 12.1 Å². The number of rotatable bonds is 2. The zero-order valence-corrected chi connectivity index (χ0v) is 5.23. The lowest BCUT2D eigenvalue weighted by atomic mass is 10.5. The summed E-state index contributed by atoms with van der Waals surface area (Å²) in [6.45, 7) is 2.36. The standard InChI is InChI=1S/C5H6F3O2/c1-2-3-10-4(9)5(6,7)8/h3H,2H2,1H3. The van der Waals surface area contributed by atoms with Gasteiger partial charge >= 0.3 is 12.1 Å². The van der Waals surface area contributed by atoms with E-state index in [0.29, 0.717) is 0 Å². The summed E-state index contributed by atoms with van der Waals surface area (Å²) < 4.78 is 37.5. The number of hydrogen-bond acceptors (Lipinski definition) is 2. The Balaban J connectivity index is 3.64. The second kappa shape index (κ2) is 3.43. The summed E-state index contributed by atoms with van der Waals surface area (Å²) in [6, 6.07) is 0. The Morgan fingerprint density at radius 2 is 2.10 bits per heavy atom. The first-order chi connectivity index (χ1) is 4.48. The Morgan fingerprint density at radius 1 is 1.60 bits per heavy atom. The Kier molecular flexibility index (Phi) is 3.18. The highest BCUT2D eigenvalue weighted by atomic mass is 19.4. The maximum absolute atomic E-state index is 11.3. The van der Waals surface area contributed by atoms with Gasteiger partial charge in [-0.3, -0.25) is 0 Å². The molecule has 0 spiro atoms. The van der Waals surface area contributed by atoms with E-state index >= 15 is 0 Å². The molecule has 0 aromatic rings. The van der Waals surface area contributed by atoms with E-state index in [4.69, 9.17) is 0 Å². The van der Waals surface area contributed by atoms with Gasteiger partial charge in [0.15, 0.2) is 0 Å². The second-order valence-corrected chi connectivity index (χ2v) is 1.48. The van der Waals surface area contributed by atoms with E-state index in [1.165, 1.54) is 0 Å². The molecule has 1 radical (unpaired) electrons. The van der Waals surface area contributed by atoms with Gasteiger partial charge in [-0.2, -0.15) is 13.2 Å². The average Bonchev–Trinajstić information content (AvgIpc) is 1.80. The highest BCUT2D eigenvalue weighted by Crippen LogP contribution is 2.16. The minimum Gasteiger partial charge on any atom is -0.452 e. The maximum atomic E-state index is 11.3. The molecule has 0 aromatic heterocycles. The van der Waals surface area contributed by atoms with Gasteiger partial charge in [0.1, 0.15) is 6.61 Å². The van der Waals surface area contributed by atoms with Crippen molar-refractivity contribution in [2.24, 2.45) is 0 Å². The molecule has 0 unspecified atom stereocenters. The fourth-order valence-corrected chi connectivity index (χ4v) is 0.226.